The molecule has 0 fully saturated rings. The predicted molar refractivity (Wildman–Crippen MR) is 72.9 cm³/mol. The number of hydrogen-bond donors (Lipinski definition) is 3. The molecular weight excluding hydrogens is 315 g/mol. The summed E-state index contributed by atoms with van der Waals surface area (Å²) >= 11 is 11.6. The number of hydrogen-bond acceptors (Lipinski definition) is 4. The molecule has 4 nitrogen and oxygen atoms in total. The van der Waals surface area contributed by atoms with Crippen LogP contribution >= 0.6 is 23.2 Å². The van der Waals surface area contributed by atoms with Crippen LogP contribution in [0.5, 0.6) is 5.75 Å². The molecule has 1 aromatic carbocycles. The largest absolute Gasteiger partial charge is 0.489 e. The first-order chi connectivity index (χ1) is 9.34. The van der Waals surface area contributed by atoms with Crippen molar-refractivity contribution >= 4 is 23.2 Å². The van der Waals surface area contributed by atoms with Crippen molar-refractivity contribution in [1.29, 1.82) is 0 Å². The van der Waals surface area contributed by atoms with Crippen LogP contribution in [0.1, 0.15) is 0 Å². The van der Waals surface area contributed by atoms with E-state index >= 15 is 0 Å². The molecule has 0 amide bonds. The minimum Gasteiger partial charge on any atom is -0.489 e. The summed E-state index contributed by atoms with van der Waals surface area (Å²) in [7, 11) is 0. The summed E-state index contributed by atoms with van der Waals surface area (Å²) < 4.78 is 30.6. The summed E-state index contributed by atoms with van der Waals surface area (Å²) in [4.78, 5) is 0. The monoisotopic (exact) mass is 329 g/mol. The van der Waals surface area contributed by atoms with Crippen LogP contribution < -0.4 is 10.1 Å². The fraction of sp³-hybridized carbons (Fsp3) is 0.500. The number of rotatable bonds is 8. The number of aliphatic hydroxyl groups is 2. The average molecular weight is 330 g/mol. The minimum atomic E-state index is -3.21. The van der Waals surface area contributed by atoms with Gasteiger partial charge in [-0.3, -0.25) is 0 Å². The van der Waals surface area contributed by atoms with Gasteiger partial charge in [-0.05, 0) is 12.1 Å². The van der Waals surface area contributed by atoms with Gasteiger partial charge >= 0.3 is 0 Å². The molecule has 0 heterocycles. The fourth-order valence-electron chi connectivity index (χ4n) is 1.31. The van der Waals surface area contributed by atoms with Crippen molar-refractivity contribution in [2.75, 3.05) is 26.3 Å². The second-order valence-electron chi connectivity index (χ2n) is 4.18. The summed E-state index contributed by atoms with van der Waals surface area (Å²) in [5.41, 5.74) is 0. The van der Waals surface area contributed by atoms with Crippen LogP contribution in [0.2, 0.25) is 10.0 Å². The van der Waals surface area contributed by atoms with Gasteiger partial charge in [0.2, 0.25) is 0 Å². The molecule has 0 aliphatic carbocycles. The molecule has 0 radical (unpaired) electrons. The third-order valence-electron chi connectivity index (χ3n) is 2.32. The Morgan fingerprint density at radius 3 is 2.70 bits per heavy atom. The van der Waals surface area contributed by atoms with Crippen LogP contribution in [-0.2, 0) is 0 Å². The average Bonchev–Trinajstić information content (AvgIpc) is 2.39. The predicted octanol–water partition coefficient (Wildman–Crippen LogP) is 1.95. The smallest absolute Gasteiger partial charge is 0.282 e. The van der Waals surface area contributed by atoms with Crippen molar-refractivity contribution in [3.8, 4) is 5.75 Å². The molecule has 0 spiro atoms. The van der Waals surface area contributed by atoms with Gasteiger partial charge in [-0.2, -0.15) is 0 Å². The molecule has 0 saturated carbocycles. The van der Waals surface area contributed by atoms with E-state index in [1.54, 1.807) is 12.1 Å². The second kappa shape index (κ2) is 7.95. The van der Waals surface area contributed by atoms with Gasteiger partial charge in [-0.25, -0.2) is 8.78 Å². The lowest BCUT2D eigenvalue weighted by molar-refractivity contribution is -0.0493. The Balaban J connectivity index is 2.33. The van der Waals surface area contributed by atoms with Crippen LogP contribution in [0.3, 0.4) is 0 Å². The molecule has 1 unspecified atom stereocenters. The molecule has 0 saturated heterocycles. The van der Waals surface area contributed by atoms with Gasteiger partial charge in [0.05, 0.1) is 11.6 Å². The van der Waals surface area contributed by atoms with Crippen molar-refractivity contribution in [3.05, 3.63) is 28.2 Å². The van der Waals surface area contributed by atoms with E-state index in [4.69, 9.17) is 33.0 Å². The van der Waals surface area contributed by atoms with Crippen LogP contribution in [-0.4, -0.2) is 48.5 Å². The molecule has 0 bridgehead atoms. The molecule has 0 aliphatic rings. The SMILES string of the molecule is OCC(F)(F)CNCC(O)COc1cc(Cl)ccc1Cl. The number of benzene rings is 1. The van der Waals surface area contributed by atoms with Crippen molar-refractivity contribution in [1.82, 2.24) is 5.32 Å². The zero-order valence-electron chi connectivity index (χ0n) is 10.5. The molecule has 1 rings (SSSR count). The highest BCUT2D eigenvalue weighted by atomic mass is 35.5. The lowest BCUT2D eigenvalue weighted by Crippen LogP contribution is -2.40. The zero-order valence-corrected chi connectivity index (χ0v) is 12.0. The maximum Gasteiger partial charge on any atom is 0.282 e. The molecule has 114 valence electrons. The molecule has 3 N–H and O–H groups in total. The van der Waals surface area contributed by atoms with Crippen molar-refractivity contribution in [3.63, 3.8) is 0 Å². The first-order valence-electron chi connectivity index (χ1n) is 5.79. The van der Waals surface area contributed by atoms with Crippen LogP contribution in [0.4, 0.5) is 8.78 Å². The van der Waals surface area contributed by atoms with E-state index in [1.165, 1.54) is 6.07 Å². The van der Waals surface area contributed by atoms with E-state index < -0.39 is 25.2 Å². The Hall–Kier alpha value is -0.660. The molecule has 0 aliphatic heterocycles. The Morgan fingerprint density at radius 1 is 1.35 bits per heavy atom. The number of nitrogens with one attached hydrogen (secondary N) is 1. The van der Waals surface area contributed by atoms with Crippen LogP contribution in [0.15, 0.2) is 18.2 Å². The molecule has 1 aromatic rings. The van der Waals surface area contributed by atoms with Crippen LogP contribution in [0, 0.1) is 0 Å². The maximum absolute atomic E-state index is 12.7. The highest BCUT2D eigenvalue weighted by molar-refractivity contribution is 6.34. The summed E-state index contributed by atoms with van der Waals surface area (Å²) in [6, 6.07) is 4.63. The van der Waals surface area contributed by atoms with E-state index in [0.29, 0.717) is 15.8 Å². The van der Waals surface area contributed by atoms with E-state index in [-0.39, 0.29) is 13.2 Å². The molecular formula is C12H15Cl2F2NO3. The van der Waals surface area contributed by atoms with Gasteiger partial charge in [0, 0.05) is 17.6 Å². The van der Waals surface area contributed by atoms with Crippen molar-refractivity contribution in [2.45, 2.75) is 12.0 Å². The zero-order chi connectivity index (χ0) is 15.2. The quantitative estimate of drug-likeness (QED) is 0.682. The van der Waals surface area contributed by atoms with Gasteiger partial charge in [0.1, 0.15) is 25.1 Å². The molecule has 1 atom stereocenters. The van der Waals surface area contributed by atoms with Crippen molar-refractivity contribution in [2.24, 2.45) is 0 Å². The molecule has 8 heteroatoms. The highest BCUT2D eigenvalue weighted by Gasteiger charge is 2.27. The Morgan fingerprint density at radius 2 is 2.05 bits per heavy atom. The number of alkyl halides is 2. The third-order valence-corrected chi connectivity index (χ3v) is 2.87. The Labute approximate surface area is 125 Å². The lowest BCUT2D eigenvalue weighted by Gasteiger charge is -2.17. The third kappa shape index (κ3) is 6.19. The first kappa shape index (κ1) is 17.4. The lowest BCUT2D eigenvalue weighted by atomic mass is 10.3. The number of aliphatic hydroxyl groups excluding tert-OH is 2. The van der Waals surface area contributed by atoms with Gasteiger partial charge in [-0.1, -0.05) is 23.2 Å². The number of halogens is 4. The first-order valence-corrected chi connectivity index (χ1v) is 6.55. The molecule has 0 aromatic heterocycles. The van der Waals surface area contributed by atoms with E-state index in [9.17, 15) is 13.9 Å². The normalized spacial score (nSPS) is 13.3. The van der Waals surface area contributed by atoms with E-state index in [2.05, 4.69) is 5.32 Å². The maximum atomic E-state index is 12.7. The van der Waals surface area contributed by atoms with Gasteiger partial charge < -0.3 is 20.3 Å². The summed E-state index contributed by atoms with van der Waals surface area (Å²) in [5, 5.41) is 21.0. The fourth-order valence-corrected chi connectivity index (χ4v) is 1.64. The van der Waals surface area contributed by atoms with Gasteiger partial charge in [-0.15, -0.1) is 0 Å². The van der Waals surface area contributed by atoms with E-state index in [1.807, 2.05) is 0 Å². The van der Waals surface area contributed by atoms with Crippen molar-refractivity contribution < 1.29 is 23.7 Å². The van der Waals surface area contributed by atoms with Crippen LogP contribution in [0.25, 0.3) is 0 Å². The highest BCUT2D eigenvalue weighted by Crippen LogP contribution is 2.27. The Bertz CT molecular complexity index is 435. The standard InChI is InChI=1S/C12H15Cl2F2NO3/c13-8-1-2-10(14)11(3-8)20-5-9(19)4-17-6-12(15,16)7-18/h1-3,9,17-19H,4-7H2. The molecule has 20 heavy (non-hydrogen) atoms. The number of ether oxygens (including phenoxy) is 1. The summed E-state index contributed by atoms with van der Waals surface area (Å²) in [6.07, 6.45) is -1.00. The second-order valence-corrected chi connectivity index (χ2v) is 5.03. The van der Waals surface area contributed by atoms with Gasteiger partial charge in [0.15, 0.2) is 0 Å². The summed E-state index contributed by atoms with van der Waals surface area (Å²) in [5.74, 6) is -2.91. The topological polar surface area (TPSA) is 61.7 Å². The Kier molecular flexibility index (Phi) is 6.91. The van der Waals surface area contributed by atoms with Gasteiger partial charge in [0.25, 0.3) is 5.92 Å². The van der Waals surface area contributed by atoms with E-state index in [0.717, 1.165) is 0 Å². The summed E-state index contributed by atoms with van der Waals surface area (Å²) in [6.45, 7) is -2.20. The minimum absolute atomic E-state index is 0.103.